The van der Waals surface area contributed by atoms with E-state index in [-0.39, 0.29) is 5.41 Å². The summed E-state index contributed by atoms with van der Waals surface area (Å²) in [5.74, 6) is 0.438. The predicted molar refractivity (Wildman–Crippen MR) is 103 cm³/mol. The van der Waals surface area contributed by atoms with E-state index in [4.69, 9.17) is 0 Å². The van der Waals surface area contributed by atoms with E-state index in [1.807, 2.05) is 0 Å². The molecule has 0 fully saturated rings. The van der Waals surface area contributed by atoms with Gasteiger partial charge in [0.15, 0.2) is 0 Å². The molecule has 4 rings (SSSR count). The van der Waals surface area contributed by atoms with Crippen molar-refractivity contribution < 1.29 is 0 Å². The van der Waals surface area contributed by atoms with Gasteiger partial charge < -0.3 is 0 Å². The Morgan fingerprint density at radius 3 is 2.38 bits per heavy atom. The Kier molecular flexibility index (Phi) is 3.35. The van der Waals surface area contributed by atoms with Crippen LogP contribution < -0.4 is 0 Å². The predicted octanol–water partition coefficient (Wildman–Crippen LogP) is 6.58. The molecular formula is C24H26. The van der Waals surface area contributed by atoms with Gasteiger partial charge in [0, 0.05) is 5.92 Å². The van der Waals surface area contributed by atoms with Crippen molar-refractivity contribution in [2.24, 2.45) is 5.41 Å². The second-order valence-corrected chi connectivity index (χ2v) is 8.38. The lowest BCUT2D eigenvalue weighted by molar-refractivity contribution is 0.517. The van der Waals surface area contributed by atoms with Crippen LogP contribution >= 0.6 is 0 Å². The quantitative estimate of drug-likeness (QED) is 0.476. The van der Waals surface area contributed by atoms with Gasteiger partial charge in [-0.05, 0) is 64.6 Å². The Morgan fingerprint density at radius 2 is 1.67 bits per heavy atom. The fourth-order valence-electron chi connectivity index (χ4n) is 4.22. The maximum absolute atomic E-state index is 2.48. The van der Waals surface area contributed by atoms with E-state index in [1.54, 1.807) is 0 Å². The first-order valence-electron chi connectivity index (χ1n) is 8.97. The minimum atomic E-state index is 0.219. The van der Waals surface area contributed by atoms with Crippen LogP contribution in [-0.4, -0.2) is 0 Å². The van der Waals surface area contributed by atoms with Crippen LogP contribution in [0.1, 0.15) is 55.9 Å². The molecule has 122 valence electrons. The number of rotatable bonds is 1. The van der Waals surface area contributed by atoms with Crippen molar-refractivity contribution in [1.29, 1.82) is 0 Å². The van der Waals surface area contributed by atoms with Crippen molar-refractivity contribution in [3.8, 4) is 11.1 Å². The molecule has 0 amide bonds. The molecule has 0 aliphatic heterocycles. The summed E-state index contributed by atoms with van der Waals surface area (Å²) in [6.07, 6.45) is 5.95. The molecule has 0 saturated carbocycles. The molecule has 0 radical (unpaired) electrons. The molecule has 1 atom stereocenters. The van der Waals surface area contributed by atoms with Crippen LogP contribution in [0, 0.1) is 12.3 Å². The average molecular weight is 314 g/mol. The van der Waals surface area contributed by atoms with E-state index in [0.29, 0.717) is 5.92 Å². The van der Waals surface area contributed by atoms with E-state index < -0.39 is 0 Å². The second kappa shape index (κ2) is 5.21. The van der Waals surface area contributed by atoms with Gasteiger partial charge in [-0.2, -0.15) is 0 Å². The molecule has 24 heavy (non-hydrogen) atoms. The summed E-state index contributed by atoms with van der Waals surface area (Å²) in [4.78, 5) is 0. The zero-order valence-corrected chi connectivity index (χ0v) is 15.4. The molecule has 2 aromatic rings. The van der Waals surface area contributed by atoms with E-state index in [2.05, 4.69) is 83.2 Å². The number of fused-ring (bicyclic) bond motifs is 3. The first-order chi connectivity index (χ1) is 11.4. The minimum Gasteiger partial charge on any atom is -0.0692 e. The normalized spacial score (nSPS) is 19.0. The van der Waals surface area contributed by atoms with Crippen LogP contribution in [-0.2, 0) is 6.42 Å². The number of benzene rings is 2. The summed E-state index contributed by atoms with van der Waals surface area (Å²) in [6, 6.07) is 13.5. The first kappa shape index (κ1) is 15.4. The Hall–Kier alpha value is -2.08. The smallest absolute Gasteiger partial charge is 0.0237 e. The summed E-state index contributed by atoms with van der Waals surface area (Å²) < 4.78 is 0. The monoisotopic (exact) mass is 314 g/mol. The van der Waals surface area contributed by atoms with Crippen molar-refractivity contribution >= 4 is 0 Å². The van der Waals surface area contributed by atoms with Crippen LogP contribution in [0.15, 0.2) is 59.7 Å². The van der Waals surface area contributed by atoms with Gasteiger partial charge in [0.25, 0.3) is 0 Å². The highest BCUT2D eigenvalue weighted by atomic mass is 14.3. The SMILES string of the molecule is CC1=CC(C(C)(C)C)=CC1c1ccc2c(c1C)Cc1ccccc1-2. The maximum Gasteiger partial charge on any atom is 0.0237 e. The zero-order valence-electron chi connectivity index (χ0n) is 15.4. The average Bonchev–Trinajstić information content (AvgIpc) is 3.09. The van der Waals surface area contributed by atoms with Crippen LogP contribution in [0.4, 0.5) is 0 Å². The third-order valence-electron chi connectivity index (χ3n) is 5.74. The molecule has 2 aliphatic rings. The highest BCUT2D eigenvalue weighted by Crippen LogP contribution is 2.45. The lowest BCUT2D eigenvalue weighted by Crippen LogP contribution is -2.06. The third-order valence-corrected chi connectivity index (χ3v) is 5.74. The molecule has 0 aromatic heterocycles. The topological polar surface area (TPSA) is 0 Å². The fraction of sp³-hybridized carbons (Fsp3) is 0.333. The molecule has 0 heteroatoms. The Bertz CT molecular complexity index is 885. The van der Waals surface area contributed by atoms with Gasteiger partial charge in [0.05, 0.1) is 0 Å². The van der Waals surface area contributed by atoms with E-state index >= 15 is 0 Å². The highest BCUT2D eigenvalue weighted by molar-refractivity contribution is 5.78. The standard InChI is InChI=1S/C24H26/c1-15-12-18(24(3,4)5)14-22(15)19-10-11-21-20-9-7-6-8-17(20)13-23(21)16(19)2/h6-12,14,22H,13H2,1-5H3. The Balaban J connectivity index is 1.79. The third kappa shape index (κ3) is 2.28. The van der Waals surface area contributed by atoms with Gasteiger partial charge >= 0.3 is 0 Å². The Morgan fingerprint density at radius 1 is 0.917 bits per heavy atom. The van der Waals surface area contributed by atoms with E-state index in [0.717, 1.165) is 6.42 Å². The molecule has 0 heterocycles. The first-order valence-corrected chi connectivity index (χ1v) is 8.97. The van der Waals surface area contributed by atoms with Crippen molar-refractivity contribution in [3.63, 3.8) is 0 Å². The lowest BCUT2D eigenvalue weighted by atomic mass is 9.85. The van der Waals surface area contributed by atoms with Crippen molar-refractivity contribution in [2.45, 2.75) is 47.0 Å². The van der Waals surface area contributed by atoms with Crippen molar-refractivity contribution in [1.82, 2.24) is 0 Å². The van der Waals surface area contributed by atoms with Crippen molar-refractivity contribution in [2.75, 3.05) is 0 Å². The molecule has 0 spiro atoms. The van der Waals surface area contributed by atoms with Gasteiger partial charge in [-0.3, -0.25) is 0 Å². The van der Waals surface area contributed by atoms with Crippen LogP contribution in [0.3, 0.4) is 0 Å². The molecule has 2 aliphatic carbocycles. The molecular weight excluding hydrogens is 288 g/mol. The van der Waals surface area contributed by atoms with Gasteiger partial charge in [-0.25, -0.2) is 0 Å². The molecule has 2 aromatic carbocycles. The largest absolute Gasteiger partial charge is 0.0692 e. The number of allylic oxidation sites excluding steroid dienone is 4. The fourth-order valence-corrected chi connectivity index (χ4v) is 4.22. The van der Waals surface area contributed by atoms with Gasteiger partial charge in [0.1, 0.15) is 0 Å². The van der Waals surface area contributed by atoms with Crippen molar-refractivity contribution in [3.05, 3.63) is 82.0 Å². The highest BCUT2D eigenvalue weighted by Gasteiger charge is 2.28. The zero-order chi connectivity index (χ0) is 17.1. The van der Waals surface area contributed by atoms with E-state index in [1.165, 1.54) is 44.5 Å². The van der Waals surface area contributed by atoms with Crippen LogP contribution in [0.2, 0.25) is 0 Å². The van der Waals surface area contributed by atoms with Crippen LogP contribution in [0.5, 0.6) is 0 Å². The summed E-state index contributed by atoms with van der Waals surface area (Å²) >= 11 is 0. The van der Waals surface area contributed by atoms with Crippen LogP contribution in [0.25, 0.3) is 11.1 Å². The summed E-state index contributed by atoms with van der Waals surface area (Å²) in [5, 5.41) is 0. The molecule has 0 bridgehead atoms. The summed E-state index contributed by atoms with van der Waals surface area (Å²) in [5.41, 5.74) is 12.0. The molecule has 0 nitrogen and oxygen atoms in total. The molecule has 1 unspecified atom stereocenters. The number of hydrogen-bond acceptors (Lipinski definition) is 0. The minimum absolute atomic E-state index is 0.219. The maximum atomic E-state index is 2.48. The molecule has 0 saturated heterocycles. The van der Waals surface area contributed by atoms with Gasteiger partial charge in [0.2, 0.25) is 0 Å². The summed E-state index contributed by atoms with van der Waals surface area (Å²) in [7, 11) is 0. The lowest BCUT2D eigenvalue weighted by Gasteiger charge is -2.19. The number of hydrogen-bond donors (Lipinski definition) is 0. The Labute approximate surface area is 145 Å². The second-order valence-electron chi connectivity index (χ2n) is 8.38. The molecule has 0 N–H and O–H groups in total. The van der Waals surface area contributed by atoms with Gasteiger partial charge in [-0.15, -0.1) is 0 Å². The van der Waals surface area contributed by atoms with Gasteiger partial charge in [-0.1, -0.05) is 74.9 Å². The van der Waals surface area contributed by atoms with E-state index in [9.17, 15) is 0 Å². The summed E-state index contributed by atoms with van der Waals surface area (Å²) in [6.45, 7) is 11.5.